The summed E-state index contributed by atoms with van der Waals surface area (Å²) in [6.07, 6.45) is -4.69. The van der Waals surface area contributed by atoms with Crippen LogP contribution in [-0.4, -0.2) is 29.8 Å². The third-order valence-corrected chi connectivity index (χ3v) is 4.21. The van der Waals surface area contributed by atoms with Gasteiger partial charge in [-0.1, -0.05) is 18.2 Å². The number of para-hydroxylation sites is 1. The number of carboxylic acid groups (broad SMARTS) is 1. The van der Waals surface area contributed by atoms with Crippen LogP contribution in [0.2, 0.25) is 0 Å². The van der Waals surface area contributed by atoms with Crippen molar-refractivity contribution in [2.75, 3.05) is 0 Å². The summed E-state index contributed by atoms with van der Waals surface area (Å²) in [6.45, 7) is -3.33. The number of ether oxygens (including phenoxy) is 1. The van der Waals surface area contributed by atoms with Crippen molar-refractivity contribution in [3.63, 3.8) is 0 Å². The summed E-state index contributed by atoms with van der Waals surface area (Å²) < 4.78 is 69.3. The van der Waals surface area contributed by atoms with E-state index in [1.807, 2.05) is 0 Å². The molecule has 1 aromatic rings. The minimum atomic E-state index is -4.96. The Kier molecular flexibility index (Phi) is 6.04. The van der Waals surface area contributed by atoms with Crippen molar-refractivity contribution in [2.24, 2.45) is 11.8 Å². The van der Waals surface area contributed by atoms with Crippen molar-refractivity contribution < 1.29 is 41.4 Å². The molecular weight excluding hydrogens is 365 g/mol. The molecule has 0 spiro atoms. The lowest BCUT2D eigenvalue weighted by Gasteiger charge is -2.25. The van der Waals surface area contributed by atoms with E-state index in [4.69, 9.17) is 5.11 Å². The predicted octanol–water partition coefficient (Wildman–Crippen LogP) is 3.51. The number of carbonyl (C=O) groups excluding carboxylic acids is 1. The Morgan fingerprint density at radius 2 is 1.77 bits per heavy atom. The molecule has 5 nitrogen and oxygen atoms in total. The number of alkyl halides is 5. The van der Waals surface area contributed by atoms with Crippen LogP contribution in [0.25, 0.3) is 0 Å². The topological polar surface area (TPSA) is 75.6 Å². The zero-order valence-electron chi connectivity index (χ0n) is 13.3. The van der Waals surface area contributed by atoms with Gasteiger partial charge in [-0.25, -0.2) is 0 Å². The van der Waals surface area contributed by atoms with E-state index in [-0.39, 0.29) is 19.3 Å². The lowest BCUT2D eigenvalue weighted by atomic mass is 10.0. The van der Waals surface area contributed by atoms with E-state index >= 15 is 0 Å². The van der Waals surface area contributed by atoms with Crippen molar-refractivity contribution in [1.82, 2.24) is 5.32 Å². The van der Waals surface area contributed by atoms with Gasteiger partial charge >= 0.3 is 18.8 Å². The highest BCUT2D eigenvalue weighted by atomic mass is 19.4. The largest absolute Gasteiger partial charge is 0.481 e. The maximum atomic E-state index is 13.4. The molecule has 144 valence electrons. The molecule has 0 aliphatic heterocycles. The predicted molar refractivity (Wildman–Crippen MR) is 78.5 cm³/mol. The van der Waals surface area contributed by atoms with Crippen molar-refractivity contribution in [1.29, 1.82) is 0 Å². The summed E-state index contributed by atoms with van der Waals surface area (Å²) >= 11 is 0. The average molecular weight is 381 g/mol. The van der Waals surface area contributed by atoms with Crippen molar-refractivity contribution >= 4 is 11.9 Å². The van der Waals surface area contributed by atoms with E-state index in [1.165, 1.54) is 12.1 Å². The molecule has 1 aliphatic carbocycles. The molecular formula is C16H16F5NO4. The van der Waals surface area contributed by atoms with E-state index in [1.54, 1.807) is 5.32 Å². The van der Waals surface area contributed by atoms with Crippen LogP contribution in [0.3, 0.4) is 0 Å². The molecule has 0 heterocycles. The Morgan fingerprint density at radius 3 is 2.31 bits per heavy atom. The monoisotopic (exact) mass is 381 g/mol. The number of amides is 1. The molecule has 0 saturated heterocycles. The first-order valence-corrected chi connectivity index (χ1v) is 7.73. The second-order valence-electron chi connectivity index (χ2n) is 5.94. The average Bonchev–Trinajstić information content (AvgIpc) is 3.02. The number of halogens is 5. The number of carboxylic acids is 1. The van der Waals surface area contributed by atoms with E-state index in [9.17, 15) is 31.5 Å². The zero-order chi connectivity index (χ0) is 19.5. The van der Waals surface area contributed by atoms with Crippen molar-refractivity contribution in [3.8, 4) is 5.75 Å². The molecule has 0 aromatic heterocycles. The molecule has 1 aromatic carbocycles. The lowest BCUT2D eigenvalue weighted by Crippen LogP contribution is -2.41. The number of aliphatic carboxylic acids is 1. The van der Waals surface area contributed by atoms with Crippen LogP contribution < -0.4 is 10.1 Å². The minimum absolute atomic E-state index is 0.0685. The molecule has 2 N–H and O–H groups in total. The molecule has 0 bridgehead atoms. The highest BCUT2D eigenvalue weighted by Crippen LogP contribution is 2.39. The second-order valence-corrected chi connectivity index (χ2v) is 5.94. The van der Waals surface area contributed by atoms with Crippen molar-refractivity contribution in [2.45, 2.75) is 38.1 Å². The van der Waals surface area contributed by atoms with E-state index in [0.717, 1.165) is 12.1 Å². The number of rotatable bonds is 6. The molecule has 2 rings (SSSR count). The van der Waals surface area contributed by atoms with Crippen LogP contribution in [0.15, 0.2) is 24.3 Å². The van der Waals surface area contributed by atoms with Gasteiger partial charge in [-0.2, -0.15) is 22.0 Å². The minimum Gasteiger partial charge on any atom is -0.481 e. The summed E-state index contributed by atoms with van der Waals surface area (Å²) in [7, 11) is 0. The molecule has 1 unspecified atom stereocenters. The van der Waals surface area contributed by atoms with Crippen LogP contribution in [0.1, 0.15) is 30.9 Å². The van der Waals surface area contributed by atoms with E-state index in [0.29, 0.717) is 0 Å². The highest BCUT2D eigenvalue weighted by molar-refractivity contribution is 5.81. The van der Waals surface area contributed by atoms with Crippen LogP contribution >= 0.6 is 0 Å². The van der Waals surface area contributed by atoms with Gasteiger partial charge in [0.05, 0.1) is 5.92 Å². The Morgan fingerprint density at radius 1 is 1.15 bits per heavy atom. The number of nitrogens with one attached hydrogen (secondary N) is 1. The Bertz CT molecular complexity index is 664. The molecule has 10 heteroatoms. The third kappa shape index (κ3) is 4.83. The summed E-state index contributed by atoms with van der Waals surface area (Å²) in [5.74, 6) is -4.44. The molecule has 26 heavy (non-hydrogen) atoms. The quantitative estimate of drug-likeness (QED) is 0.740. The Hall–Kier alpha value is -2.39. The summed E-state index contributed by atoms with van der Waals surface area (Å²) in [5, 5.41) is 10.7. The van der Waals surface area contributed by atoms with Gasteiger partial charge in [0.15, 0.2) is 6.04 Å². The number of hydrogen-bond donors (Lipinski definition) is 2. The first-order chi connectivity index (χ1) is 12.1. The fourth-order valence-corrected chi connectivity index (χ4v) is 2.96. The fourth-order valence-electron chi connectivity index (χ4n) is 2.96. The van der Waals surface area contributed by atoms with Gasteiger partial charge in [0, 0.05) is 11.5 Å². The van der Waals surface area contributed by atoms with Gasteiger partial charge in [-0.15, -0.1) is 0 Å². The second kappa shape index (κ2) is 7.88. The van der Waals surface area contributed by atoms with E-state index in [2.05, 4.69) is 4.74 Å². The van der Waals surface area contributed by atoms with Crippen molar-refractivity contribution in [3.05, 3.63) is 29.8 Å². The first-order valence-electron chi connectivity index (χ1n) is 7.73. The maximum absolute atomic E-state index is 13.4. The molecule has 1 amide bonds. The van der Waals surface area contributed by atoms with Crippen LogP contribution in [0.4, 0.5) is 22.0 Å². The van der Waals surface area contributed by atoms with Gasteiger partial charge in [0.25, 0.3) is 0 Å². The lowest BCUT2D eigenvalue weighted by molar-refractivity contribution is -0.165. The van der Waals surface area contributed by atoms with Crippen LogP contribution in [0.5, 0.6) is 5.75 Å². The Balaban J connectivity index is 2.22. The van der Waals surface area contributed by atoms with E-state index < -0.39 is 53.9 Å². The molecule has 3 atom stereocenters. The number of carbonyl (C=O) groups is 2. The molecule has 1 saturated carbocycles. The summed E-state index contributed by atoms with van der Waals surface area (Å²) in [4.78, 5) is 23.1. The van der Waals surface area contributed by atoms with Crippen LogP contribution in [0, 0.1) is 11.8 Å². The van der Waals surface area contributed by atoms with Gasteiger partial charge in [0.2, 0.25) is 5.91 Å². The zero-order valence-corrected chi connectivity index (χ0v) is 13.3. The maximum Gasteiger partial charge on any atom is 0.413 e. The van der Waals surface area contributed by atoms with Gasteiger partial charge < -0.3 is 15.2 Å². The summed E-state index contributed by atoms with van der Waals surface area (Å²) in [6, 6.07) is 1.76. The molecule has 1 aliphatic rings. The molecule has 1 fully saturated rings. The van der Waals surface area contributed by atoms with Gasteiger partial charge in [-0.3, -0.25) is 9.59 Å². The fraction of sp³-hybridized carbons (Fsp3) is 0.500. The highest BCUT2D eigenvalue weighted by Gasteiger charge is 2.45. The smallest absolute Gasteiger partial charge is 0.413 e. The first kappa shape index (κ1) is 19.9. The summed E-state index contributed by atoms with van der Waals surface area (Å²) in [5.41, 5.74) is -0.651. The van der Waals surface area contributed by atoms with Gasteiger partial charge in [0.1, 0.15) is 5.75 Å². The normalized spacial score (nSPS) is 21.5. The number of hydrogen-bond acceptors (Lipinski definition) is 3. The van der Waals surface area contributed by atoms with Gasteiger partial charge in [-0.05, 0) is 25.3 Å². The number of benzene rings is 1. The molecule has 0 radical (unpaired) electrons. The standard InChI is InChI=1S/C16H16F5NO4/c17-15(18)26-11-4-2-1-3-10(11)12(16(19,20)21)22-13(23)8-5-6-9(7-8)14(24)25/h1-4,8-9,12,15H,5-7H2,(H,22,23)(H,24,25)/t8-,9+,12?/m0/s1. The third-order valence-electron chi connectivity index (χ3n) is 4.21. The van der Waals surface area contributed by atoms with Crippen LogP contribution in [-0.2, 0) is 9.59 Å². The Labute approximate surface area is 145 Å². The SMILES string of the molecule is O=C(O)[C@@H]1CC[C@H](C(=O)NC(c2ccccc2OC(F)F)C(F)(F)F)C1.